The minimum atomic E-state index is -0.409. The number of amides is 1. The van der Waals surface area contributed by atoms with Gasteiger partial charge in [-0.05, 0) is 11.1 Å². The molecule has 0 saturated carbocycles. The van der Waals surface area contributed by atoms with Crippen LogP contribution in [0.3, 0.4) is 0 Å². The first-order chi connectivity index (χ1) is 9.27. The van der Waals surface area contributed by atoms with Gasteiger partial charge in [0, 0.05) is 0 Å². The fourth-order valence-corrected chi connectivity index (χ4v) is 2.51. The number of rotatable bonds is 2. The van der Waals surface area contributed by atoms with Crippen molar-refractivity contribution in [2.75, 3.05) is 0 Å². The van der Waals surface area contributed by atoms with Gasteiger partial charge in [-0.15, -0.1) is 0 Å². The van der Waals surface area contributed by atoms with Crippen LogP contribution in [0.5, 0.6) is 0 Å². The van der Waals surface area contributed by atoms with Crippen LogP contribution in [0.2, 0.25) is 0 Å². The highest BCUT2D eigenvalue weighted by molar-refractivity contribution is 5.86. The summed E-state index contributed by atoms with van der Waals surface area (Å²) in [5.41, 5.74) is 4.26. The van der Waals surface area contributed by atoms with E-state index in [0.29, 0.717) is 0 Å². The summed E-state index contributed by atoms with van der Waals surface area (Å²) in [7, 11) is 0. The molecule has 19 heavy (non-hydrogen) atoms. The molecule has 1 heterocycles. The lowest BCUT2D eigenvalue weighted by molar-refractivity contribution is -0.155. The summed E-state index contributed by atoms with van der Waals surface area (Å²) in [5, 5.41) is 10.8. The minimum Gasteiger partial charge on any atom is -0.294 e. The number of benzene rings is 2. The molecule has 0 spiro atoms. The Bertz CT molecular complexity index is 571. The van der Waals surface area contributed by atoms with E-state index in [4.69, 9.17) is 0 Å². The van der Waals surface area contributed by atoms with Gasteiger partial charge in [-0.2, -0.15) is 0 Å². The molecule has 2 N–H and O–H groups in total. The average molecular weight is 254 g/mol. The van der Waals surface area contributed by atoms with E-state index in [-0.39, 0.29) is 5.91 Å². The minimum absolute atomic E-state index is 0.192. The number of carbonyl (C=O) groups excluding carboxylic acids is 1. The zero-order valence-corrected chi connectivity index (χ0v) is 10.2. The summed E-state index contributed by atoms with van der Waals surface area (Å²) in [4.78, 5) is 12.1. The van der Waals surface area contributed by atoms with Gasteiger partial charge in [-0.3, -0.25) is 15.4 Å². The van der Waals surface area contributed by atoms with Crippen molar-refractivity contribution in [3.8, 4) is 0 Å². The Morgan fingerprint density at radius 1 is 0.895 bits per heavy atom. The molecule has 0 radical (unpaired) electrons. The number of hydroxylamine groups is 1. The number of nitrogens with one attached hydrogen (secondary N) is 1. The molecule has 2 atom stereocenters. The lowest BCUT2D eigenvalue weighted by Crippen LogP contribution is -2.31. The number of hydrogen-bond donors (Lipinski definition) is 2. The Labute approximate surface area is 111 Å². The first-order valence-electron chi connectivity index (χ1n) is 6.16. The van der Waals surface area contributed by atoms with Crippen molar-refractivity contribution in [2.45, 2.75) is 12.0 Å². The Morgan fingerprint density at radius 2 is 1.42 bits per heavy atom. The van der Waals surface area contributed by atoms with Crippen molar-refractivity contribution in [2.24, 2.45) is 0 Å². The summed E-state index contributed by atoms with van der Waals surface area (Å²) in [6, 6.07) is 18.6. The first-order valence-corrected chi connectivity index (χ1v) is 6.16. The second-order valence-electron chi connectivity index (χ2n) is 4.56. The van der Waals surface area contributed by atoms with Gasteiger partial charge in [0.15, 0.2) is 0 Å². The highest BCUT2D eigenvalue weighted by Gasteiger charge is 2.42. The van der Waals surface area contributed by atoms with Crippen LogP contribution in [0.1, 0.15) is 23.1 Å². The summed E-state index contributed by atoms with van der Waals surface area (Å²) < 4.78 is 0. The number of carbonyl (C=O) groups is 1. The Kier molecular flexibility index (Phi) is 3.03. The largest absolute Gasteiger partial charge is 0.294 e. The lowest BCUT2D eigenvalue weighted by atomic mass is 9.88. The third-order valence-corrected chi connectivity index (χ3v) is 3.39. The van der Waals surface area contributed by atoms with Crippen LogP contribution in [-0.4, -0.2) is 16.3 Å². The maximum Gasteiger partial charge on any atom is 0.245 e. The summed E-state index contributed by atoms with van der Waals surface area (Å²) in [6.45, 7) is 0. The fraction of sp³-hybridized carbons (Fsp3) is 0.133. The molecular formula is C15H14N2O2. The maximum atomic E-state index is 12.1. The number of hydrazine groups is 1. The number of hydrogen-bond acceptors (Lipinski definition) is 3. The van der Waals surface area contributed by atoms with Crippen molar-refractivity contribution in [1.82, 2.24) is 10.6 Å². The van der Waals surface area contributed by atoms with Crippen molar-refractivity contribution in [1.29, 1.82) is 0 Å². The molecule has 1 aliphatic heterocycles. The average Bonchev–Trinajstić information content (AvgIpc) is 2.75. The van der Waals surface area contributed by atoms with Gasteiger partial charge in [0.1, 0.15) is 0 Å². The summed E-state index contributed by atoms with van der Waals surface area (Å²) >= 11 is 0. The summed E-state index contributed by atoms with van der Waals surface area (Å²) in [5.74, 6) is -0.601. The van der Waals surface area contributed by atoms with Crippen LogP contribution in [-0.2, 0) is 4.79 Å². The van der Waals surface area contributed by atoms with Crippen LogP contribution in [0.4, 0.5) is 0 Å². The van der Waals surface area contributed by atoms with Gasteiger partial charge in [-0.1, -0.05) is 65.8 Å². The smallest absolute Gasteiger partial charge is 0.245 e. The molecule has 3 rings (SSSR count). The normalized spacial score (nSPS) is 23.3. The van der Waals surface area contributed by atoms with E-state index >= 15 is 0 Å². The van der Waals surface area contributed by atoms with Crippen molar-refractivity contribution >= 4 is 5.91 Å². The molecule has 1 saturated heterocycles. The van der Waals surface area contributed by atoms with E-state index in [9.17, 15) is 10.0 Å². The second kappa shape index (κ2) is 4.84. The van der Waals surface area contributed by atoms with Gasteiger partial charge in [0.2, 0.25) is 5.91 Å². The van der Waals surface area contributed by atoms with E-state index in [1.165, 1.54) is 0 Å². The third-order valence-electron chi connectivity index (χ3n) is 3.39. The van der Waals surface area contributed by atoms with Gasteiger partial charge in [0.25, 0.3) is 0 Å². The lowest BCUT2D eigenvalue weighted by Gasteiger charge is -2.21. The van der Waals surface area contributed by atoms with E-state index < -0.39 is 12.0 Å². The molecule has 0 aliphatic carbocycles. The highest BCUT2D eigenvalue weighted by atomic mass is 16.5. The molecule has 96 valence electrons. The Morgan fingerprint density at radius 3 is 2.00 bits per heavy atom. The highest BCUT2D eigenvalue weighted by Crippen LogP contribution is 2.38. The molecule has 0 bridgehead atoms. The number of nitrogens with zero attached hydrogens (tertiary/aromatic N) is 1. The molecule has 2 aromatic rings. The van der Waals surface area contributed by atoms with Gasteiger partial charge >= 0.3 is 0 Å². The van der Waals surface area contributed by atoms with Gasteiger partial charge in [-0.25, -0.2) is 0 Å². The Hall–Kier alpha value is -2.17. The summed E-state index contributed by atoms with van der Waals surface area (Å²) in [6.07, 6.45) is 0. The predicted octanol–water partition coefficient (Wildman–Crippen LogP) is 2.25. The first kappa shape index (κ1) is 11.9. The SMILES string of the molecule is O=C1NN(O)C(c2ccccc2)C1c1ccccc1. The maximum absolute atomic E-state index is 12.1. The predicted molar refractivity (Wildman–Crippen MR) is 70.1 cm³/mol. The quantitative estimate of drug-likeness (QED) is 0.864. The molecule has 4 nitrogen and oxygen atoms in total. The fourth-order valence-electron chi connectivity index (χ4n) is 2.51. The van der Waals surface area contributed by atoms with Gasteiger partial charge < -0.3 is 0 Å². The molecule has 1 amide bonds. The molecule has 2 unspecified atom stereocenters. The zero-order chi connectivity index (χ0) is 13.2. The molecule has 4 heteroatoms. The molecular weight excluding hydrogens is 240 g/mol. The van der Waals surface area contributed by atoms with Crippen LogP contribution >= 0.6 is 0 Å². The monoisotopic (exact) mass is 254 g/mol. The van der Waals surface area contributed by atoms with Crippen LogP contribution in [0.25, 0.3) is 0 Å². The molecule has 1 aliphatic rings. The Balaban J connectivity index is 2.03. The van der Waals surface area contributed by atoms with E-state index in [1.54, 1.807) is 0 Å². The van der Waals surface area contributed by atoms with Crippen LogP contribution in [0.15, 0.2) is 60.7 Å². The van der Waals surface area contributed by atoms with Gasteiger partial charge in [0.05, 0.1) is 12.0 Å². The molecule has 0 aromatic heterocycles. The standard InChI is InChI=1S/C15H14N2O2/c18-15-13(11-7-3-1-4-8-11)14(17(19)16-15)12-9-5-2-6-10-12/h1-10,13-14,19H,(H,16,18). The van der Waals surface area contributed by atoms with E-state index in [2.05, 4.69) is 5.43 Å². The van der Waals surface area contributed by atoms with Crippen molar-refractivity contribution < 1.29 is 10.0 Å². The topological polar surface area (TPSA) is 52.6 Å². The van der Waals surface area contributed by atoms with Crippen molar-refractivity contribution in [3.63, 3.8) is 0 Å². The van der Waals surface area contributed by atoms with E-state index in [0.717, 1.165) is 16.3 Å². The second-order valence-corrected chi connectivity index (χ2v) is 4.56. The van der Waals surface area contributed by atoms with Crippen molar-refractivity contribution in [3.05, 3.63) is 71.8 Å². The van der Waals surface area contributed by atoms with Crippen LogP contribution < -0.4 is 5.43 Å². The van der Waals surface area contributed by atoms with E-state index in [1.807, 2.05) is 60.7 Å². The zero-order valence-electron chi connectivity index (χ0n) is 10.2. The van der Waals surface area contributed by atoms with Crippen LogP contribution in [0, 0.1) is 0 Å². The third kappa shape index (κ3) is 2.12. The molecule has 1 fully saturated rings. The molecule has 2 aromatic carbocycles.